The number of nitrogen functional groups attached to an aromatic ring is 1. The average molecular weight is 251 g/mol. The van der Waals surface area contributed by atoms with Crippen LogP contribution >= 0.6 is 0 Å². The number of nitrogens with zero attached hydrogens (tertiary/aromatic N) is 3. The minimum Gasteiger partial charge on any atom is -0.394 e. The lowest BCUT2D eigenvalue weighted by molar-refractivity contribution is 0.352. The fourth-order valence-corrected chi connectivity index (χ4v) is 2.54. The van der Waals surface area contributed by atoms with Gasteiger partial charge in [0.2, 0.25) is 0 Å². The van der Waals surface area contributed by atoms with Crippen LogP contribution in [-0.2, 0) is 7.05 Å². The van der Waals surface area contributed by atoms with E-state index >= 15 is 0 Å². The number of nitrogens with one attached hydrogen (secondary N) is 1. The molecule has 102 valence electrons. The molecule has 1 aliphatic heterocycles. The largest absolute Gasteiger partial charge is 0.394 e. The van der Waals surface area contributed by atoms with E-state index in [9.17, 15) is 0 Å². The molecule has 1 fully saturated rings. The van der Waals surface area contributed by atoms with Crippen molar-refractivity contribution >= 4 is 11.5 Å². The first kappa shape index (κ1) is 13.2. The highest BCUT2D eigenvalue weighted by molar-refractivity contribution is 5.65. The SMILES string of the molecule is CC(C)c1nn(C)c(NCCN2CCCC2)c1N. The third-order valence-corrected chi connectivity index (χ3v) is 3.58. The highest BCUT2D eigenvalue weighted by atomic mass is 15.3. The van der Waals surface area contributed by atoms with Crippen LogP contribution < -0.4 is 11.1 Å². The van der Waals surface area contributed by atoms with E-state index in [1.165, 1.54) is 25.9 Å². The van der Waals surface area contributed by atoms with Gasteiger partial charge >= 0.3 is 0 Å². The van der Waals surface area contributed by atoms with Crippen molar-refractivity contribution in [3.05, 3.63) is 5.69 Å². The zero-order valence-corrected chi connectivity index (χ0v) is 11.7. The lowest BCUT2D eigenvalue weighted by Crippen LogP contribution is -2.26. The molecule has 0 bridgehead atoms. The first-order chi connectivity index (χ1) is 8.59. The van der Waals surface area contributed by atoms with Crippen LogP contribution in [-0.4, -0.2) is 40.9 Å². The van der Waals surface area contributed by atoms with E-state index in [-0.39, 0.29) is 0 Å². The first-order valence-electron chi connectivity index (χ1n) is 6.88. The summed E-state index contributed by atoms with van der Waals surface area (Å²) in [4.78, 5) is 2.49. The third-order valence-electron chi connectivity index (χ3n) is 3.58. The number of anilines is 2. The minimum atomic E-state index is 0.366. The summed E-state index contributed by atoms with van der Waals surface area (Å²) in [5.74, 6) is 1.32. The Labute approximate surface area is 109 Å². The van der Waals surface area contributed by atoms with Gasteiger partial charge in [0.25, 0.3) is 0 Å². The molecule has 0 amide bonds. The van der Waals surface area contributed by atoms with Gasteiger partial charge in [0.15, 0.2) is 0 Å². The second-order valence-electron chi connectivity index (χ2n) is 5.40. The van der Waals surface area contributed by atoms with Crippen molar-refractivity contribution in [2.24, 2.45) is 7.05 Å². The maximum Gasteiger partial charge on any atom is 0.147 e. The van der Waals surface area contributed by atoms with Gasteiger partial charge in [-0.15, -0.1) is 0 Å². The number of hydrogen-bond acceptors (Lipinski definition) is 4. The number of aromatic nitrogens is 2. The van der Waals surface area contributed by atoms with Crippen molar-refractivity contribution < 1.29 is 0 Å². The lowest BCUT2D eigenvalue weighted by Gasteiger charge is -2.15. The Bertz CT molecular complexity index is 390. The summed E-state index contributed by atoms with van der Waals surface area (Å²) in [6.45, 7) is 8.72. The molecule has 18 heavy (non-hydrogen) atoms. The molecule has 1 aliphatic rings. The molecule has 0 radical (unpaired) electrons. The standard InChI is InChI=1S/C13H25N5/c1-10(2)12-11(14)13(17(3)16-12)15-6-9-18-7-4-5-8-18/h10,15H,4-9,14H2,1-3H3. The van der Waals surface area contributed by atoms with Crippen molar-refractivity contribution in [3.63, 3.8) is 0 Å². The first-order valence-corrected chi connectivity index (χ1v) is 6.88. The fraction of sp³-hybridized carbons (Fsp3) is 0.769. The van der Waals surface area contributed by atoms with Crippen molar-refractivity contribution in [2.75, 3.05) is 37.2 Å². The normalized spacial score (nSPS) is 16.7. The van der Waals surface area contributed by atoms with Crippen molar-refractivity contribution in [1.82, 2.24) is 14.7 Å². The smallest absolute Gasteiger partial charge is 0.147 e. The van der Waals surface area contributed by atoms with Gasteiger partial charge in [-0.05, 0) is 31.8 Å². The van der Waals surface area contributed by atoms with Crippen LogP contribution in [0, 0.1) is 0 Å². The van der Waals surface area contributed by atoms with Crippen LogP contribution in [0.3, 0.4) is 0 Å². The molecule has 0 aliphatic carbocycles. The van der Waals surface area contributed by atoms with E-state index in [2.05, 4.69) is 29.2 Å². The summed E-state index contributed by atoms with van der Waals surface area (Å²) < 4.78 is 1.86. The molecule has 5 nitrogen and oxygen atoms in total. The van der Waals surface area contributed by atoms with Crippen LogP contribution in [0.5, 0.6) is 0 Å². The molecule has 0 saturated carbocycles. The fourth-order valence-electron chi connectivity index (χ4n) is 2.54. The van der Waals surface area contributed by atoms with Gasteiger partial charge in [0.1, 0.15) is 5.82 Å². The monoisotopic (exact) mass is 251 g/mol. The summed E-state index contributed by atoms with van der Waals surface area (Å²) in [5, 5.41) is 7.89. The highest BCUT2D eigenvalue weighted by Gasteiger charge is 2.16. The second-order valence-corrected chi connectivity index (χ2v) is 5.40. The van der Waals surface area contributed by atoms with E-state index < -0.39 is 0 Å². The number of rotatable bonds is 5. The molecule has 3 N–H and O–H groups in total. The molecule has 1 aromatic rings. The topological polar surface area (TPSA) is 59.1 Å². The molecule has 2 rings (SSSR count). The predicted molar refractivity (Wildman–Crippen MR) is 75.9 cm³/mol. The Hall–Kier alpha value is -1.23. The molecule has 0 unspecified atom stereocenters. The number of hydrogen-bond donors (Lipinski definition) is 2. The van der Waals surface area contributed by atoms with E-state index in [0.717, 1.165) is 30.3 Å². The number of likely N-dealkylation sites (tertiary alicyclic amines) is 1. The molecular formula is C13H25N5. The molecule has 0 atom stereocenters. The van der Waals surface area contributed by atoms with E-state index in [1.54, 1.807) is 0 Å². The van der Waals surface area contributed by atoms with Gasteiger partial charge < -0.3 is 16.0 Å². The van der Waals surface area contributed by atoms with Gasteiger partial charge in [0.05, 0.1) is 11.4 Å². The van der Waals surface area contributed by atoms with E-state index in [0.29, 0.717) is 5.92 Å². The van der Waals surface area contributed by atoms with Gasteiger partial charge in [-0.3, -0.25) is 4.68 Å². The van der Waals surface area contributed by atoms with E-state index in [4.69, 9.17) is 5.73 Å². The Morgan fingerprint density at radius 2 is 2.00 bits per heavy atom. The lowest BCUT2D eigenvalue weighted by atomic mass is 10.1. The summed E-state index contributed by atoms with van der Waals surface area (Å²) in [5.41, 5.74) is 7.93. The maximum absolute atomic E-state index is 6.14. The predicted octanol–water partition coefficient (Wildman–Crippen LogP) is 1.63. The average Bonchev–Trinajstić information content (AvgIpc) is 2.91. The van der Waals surface area contributed by atoms with Crippen LogP contribution in [0.15, 0.2) is 0 Å². The summed E-state index contributed by atoms with van der Waals surface area (Å²) in [7, 11) is 1.94. The zero-order chi connectivity index (χ0) is 13.1. The molecule has 5 heteroatoms. The summed E-state index contributed by atoms with van der Waals surface area (Å²) >= 11 is 0. The third kappa shape index (κ3) is 2.77. The zero-order valence-electron chi connectivity index (χ0n) is 11.7. The van der Waals surface area contributed by atoms with Crippen LogP contribution in [0.2, 0.25) is 0 Å². The molecule has 1 saturated heterocycles. The summed E-state index contributed by atoms with van der Waals surface area (Å²) in [6, 6.07) is 0. The van der Waals surface area contributed by atoms with Crippen molar-refractivity contribution in [3.8, 4) is 0 Å². The Morgan fingerprint density at radius 1 is 1.33 bits per heavy atom. The van der Waals surface area contributed by atoms with Crippen molar-refractivity contribution in [1.29, 1.82) is 0 Å². The molecular weight excluding hydrogens is 226 g/mol. The minimum absolute atomic E-state index is 0.366. The van der Waals surface area contributed by atoms with Gasteiger partial charge in [-0.1, -0.05) is 13.8 Å². The van der Waals surface area contributed by atoms with Crippen molar-refractivity contribution in [2.45, 2.75) is 32.6 Å². The Balaban J connectivity index is 1.92. The highest BCUT2D eigenvalue weighted by Crippen LogP contribution is 2.27. The van der Waals surface area contributed by atoms with Crippen LogP contribution in [0.1, 0.15) is 38.3 Å². The molecule has 0 spiro atoms. The molecule has 0 aromatic carbocycles. The Morgan fingerprint density at radius 3 is 2.56 bits per heavy atom. The van der Waals surface area contributed by atoms with Gasteiger partial charge in [-0.25, -0.2) is 0 Å². The number of nitrogens with two attached hydrogens (primary N) is 1. The number of aryl methyl sites for hydroxylation is 1. The van der Waals surface area contributed by atoms with Gasteiger partial charge in [0, 0.05) is 20.1 Å². The van der Waals surface area contributed by atoms with Crippen LogP contribution in [0.25, 0.3) is 0 Å². The second kappa shape index (κ2) is 5.61. The Kier molecular flexibility index (Phi) is 4.11. The molecule has 2 heterocycles. The maximum atomic E-state index is 6.14. The summed E-state index contributed by atoms with van der Waals surface area (Å²) in [6.07, 6.45) is 2.68. The van der Waals surface area contributed by atoms with Gasteiger partial charge in [-0.2, -0.15) is 5.10 Å². The molecule has 1 aromatic heterocycles. The quantitative estimate of drug-likeness (QED) is 0.835. The van der Waals surface area contributed by atoms with Crippen LogP contribution in [0.4, 0.5) is 11.5 Å². The van der Waals surface area contributed by atoms with E-state index in [1.807, 2.05) is 11.7 Å².